The van der Waals surface area contributed by atoms with Gasteiger partial charge in [0.15, 0.2) is 5.78 Å². The lowest BCUT2D eigenvalue weighted by Crippen LogP contribution is -2.50. The second kappa shape index (κ2) is 3.98. The molecule has 3 aliphatic heterocycles. The first-order valence-electron chi connectivity index (χ1n) is 6.01. The standard InChI is InChI=1S/C13H16N2O/c16-13(11-1-5-14-6-2-11)12-9-15-7-3-10(12)4-8-15/h1-2,5-6,10,12H,3-4,7-9H2/t12-/m1/s1. The van der Waals surface area contributed by atoms with Gasteiger partial charge in [0.1, 0.15) is 0 Å². The summed E-state index contributed by atoms with van der Waals surface area (Å²) in [6.45, 7) is 3.33. The van der Waals surface area contributed by atoms with Crippen LogP contribution in [0.3, 0.4) is 0 Å². The molecule has 0 N–H and O–H groups in total. The van der Waals surface area contributed by atoms with E-state index in [1.165, 1.54) is 25.9 Å². The van der Waals surface area contributed by atoms with Crippen molar-refractivity contribution in [2.45, 2.75) is 12.8 Å². The molecule has 3 heteroatoms. The summed E-state index contributed by atoms with van der Waals surface area (Å²) in [6, 6.07) is 3.67. The Hall–Kier alpha value is -1.22. The number of carbonyl (C=O) groups is 1. The van der Waals surface area contributed by atoms with E-state index in [0.29, 0.717) is 11.7 Å². The van der Waals surface area contributed by atoms with Crippen molar-refractivity contribution in [1.82, 2.24) is 9.88 Å². The fourth-order valence-corrected chi connectivity index (χ4v) is 2.99. The maximum atomic E-state index is 12.3. The SMILES string of the molecule is O=C(c1ccncc1)[C@@H]1CN2CCC1CC2. The number of carbonyl (C=O) groups excluding carboxylic acids is 1. The van der Waals surface area contributed by atoms with Crippen molar-refractivity contribution >= 4 is 5.78 Å². The molecule has 3 fully saturated rings. The molecule has 0 unspecified atom stereocenters. The summed E-state index contributed by atoms with van der Waals surface area (Å²) in [4.78, 5) is 18.7. The molecule has 1 aromatic rings. The van der Waals surface area contributed by atoms with E-state index in [0.717, 1.165) is 12.1 Å². The predicted molar refractivity (Wildman–Crippen MR) is 61.2 cm³/mol. The van der Waals surface area contributed by atoms with Crippen molar-refractivity contribution in [3.05, 3.63) is 30.1 Å². The lowest BCUT2D eigenvalue weighted by Gasteiger charge is -2.44. The molecular weight excluding hydrogens is 200 g/mol. The molecule has 4 rings (SSSR count). The topological polar surface area (TPSA) is 33.2 Å². The van der Waals surface area contributed by atoms with E-state index in [2.05, 4.69) is 9.88 Å². The Morgan fingerprint density at radius 1 is 1.25 bits per heavy atom. The number of Topliss-reactive ketones (excluding diaryl/α,β-unsaturated/α-hetero) is 1. The zero-order chi connectivity index (χ0) is 11.0. The number of hydrogen-bond donors (Lipinski definition) is 0. The molecule has 3 saturated heterocycles. The van der Waals surface area contributed by atoms with Crippen molar-refractivity contribution in [3.63, 3.8) is 0 Å². The summed E-state index contributed by atoms with van der Waals surface area (Å²) in [5.41, 5.74) is 0.828. The second-order valence-electron chi connectivity index (χ2n) is 4.84. The maximum Gasteiger partial charge on any atom is 0.167 e. The van der Waals surface area contributed by atoms with Crippen molar-refractivity contribution in [2.75, 3.05) is 19.6 Å². The molecule has 3 nitrogen and oxygen atoms in total. The highest BCUT2D eigenvalue weighted by Crippen LogP contribution is 2.34. The number of piperidine rings is 3. The number of nitrogens with zero attached hydrogens (tertiary/aromatic N) is 2. The molecule has 2 bridgehead atoms. The highest BCUT2D eigenvalue weighted by molar-refractivity contribution is 5.98. The van der Waals surface area contributed by atoms with E-state index in [1.54, 1.807) is 12.4 Å². The number of hydrogen-bond acceptors (Lipinski definition) is 3. The van der Waals surface area contributed by atoms with Crippen LogP contribution in [-0.4, -0.2) is 35.3 Å². The van der Waals surface area contributed by atoms with Gasteiger partial charge in [-0.05, 0) is 44.0 Å². The van der Waals surface area contributed by atoms with Crippen LogP contribution in [0.2, 0.25) is 0 Å². The summed E-state index contributed by atoms with van der Waals surface area (Å²) in [7, 11) is 0. The quantitative estimate of drug-likeness (QED) is 0.704. The van der Waals surface area contributed by atoms with Crippen LogP contribution in [0.4, 0.5) is 0 Å². The largest absolute Gasteiger partial charge is 0.303 e. The Bertz CT molecular complexity index is 382. The maximum absolute atomic E-state index is 12.3. The van der Waals surface area contributed by atoms with Crippen LogP contribution in [0.5, 0.6) is 0 Å². The number of rotatable bonds is 2. The van der Waals surface area contributed by atoms with E-state index in [4.69, 9.17) is 0 Å². The van der Waals surface area contributed by atoms with Gasteiger partial charge in [-0.15, -0.1) is 0 Å². The van der Waals surface area contributed by atoms with E-state index in [-0.39, 0.29) is 5.92 Å². The van der Waals surface area contributed by atoms with E-state index < -0.39 is 0 Å². The van der Waals surface area contributed by atoms with Gasteiger partial charge in [-0.1, -0.05) is 0 Å². The summed E-state index contributed by atoms with van der Waals surface area (Å²) >= 11 is 0. The highest BCUT2D eigenvalue weighted by atomic mass is 16.1. The monoisotopic (exact) mass is 216 g/mol. The smallest absolute Gasteiger partial charge is 0.167 e. The average molecular weight is 216 g/mol. The molecule has 0 aliphatic carbocycles. The number of ketones is 1. The molecule has 0 amide bonds. The molecule has 0 saturated carbocycles. The lowest BCUT2D eigenvalue weighted by atomic mass is 9.75. The molecular formula is C13H16N2O. The second-order valence-corrected chi connectivity index (χ2v) is 4.84. The van der Waals surface area contributed by atoms with Crippen LogP contribution in [0.25, 0.3) is 0 Å². The van der Waals surface area contributed by atoms with Crippen LogP contribution in [0.15, 0.2) is 24.5 Å². The zero-order valence-electron chi connectivity index (χ0n) is 9.30. The molecule has 0 aromatic carbocycles. The van der Waals surface area contributed by atoms with E-state index in [9.17, 15) is 4.79 Å². The summed E-state index contributed by atoms with van der Waals surface area (Å²) in [5, 5.41) is 0. The third kappa shape index (κ3) is 1.65. The predicted octanol–water partition coefficient (Wildman–Crippen LogP) is 1.61. The molecule has 1 aromatic heterocycles. The Morgan fingerprint density at radius 3 is 2.50 bits per heavy atom. The number of fused-ring (bicyclic) bond motifs is 3. The van der Waals surface area contributed by atoms with Crippen LogP contribution in [0, 0.1) is 11.8 Å². The van der Waals surface area contributed by atoms with Crippen LogP contribution < -0.4 is 0 Å². The minimum atomic E-state index is 0.227. The molecule has 16 heavy (non-hydrogen) atoms. The zero-order valence-corrected chi connectivity index (χ0v) is 9.30. The van der Waals surface area contributed by atoms with Gasteiger partial charge in [-0.2, -0.15) is 0 Å². The fraction of sp³-hybridized carbons (Fsp3) is 0.538. The Labute approximate surface area is 95.5 Å². The molecule has 1 atom stereocenters. The summed E-state index contributed by atoms with van der Waals surface area (Å²) in [5.74, 6) is 1.16. The molecule has 4 heterocycles. The number of pyridine rings is 1. The fourth-order valence-electron chi connectivity index (χ4n) is 2.99. The van der Waals surface area contributed by atoms with Gasteiger partial charge < -0.3 is 4.90 Å². The van der Waals surface area contributed by atoms with E-state index >= 15 is 0 Å². The first kappa shape index (κ1) is 9.97. The van der Waals surface area contributed by atoms with Gasteiger partial charge in [0.05, 0.1) is 0 Å². The Morgan fingerprint density at radius 2 is 1.94 bits per heavy atom. The van der Waals surface area contributed by atoms with Crippen molar-refractivity contribution in [2.24, 2.45) is 11.8 Å². The van der Waals surface area contributed by atoms with Crippen LogP contribution >= 0.6 is 0 Å². The normalized spacial score (nSPS) is 32.6. The van der Waals surface area contributed by atoms with Gasteiger partial charge in [0.2, 0.25) is 0 Å². The minimum Gasteiger partial charge on any atom is -0.303 e. The Balaban J connectivity index is 1.81. The van der Waals surface area contributed by atoms with Gasteiger partial charge in [0, 0.05) is 30.4 Å². The molecule has 0 spiro atoms. The van der Waals surface area contributed by atoms with Gasteiger partial charge in [-0.25, -0.2) is 0 Å². The molecule has 3 aliphatic rings. The molecule has 0 radical (unpaired) electrons. The lowest BCUT2D eigenvalue weighted by molar-refractivity contribution is 0.0419. The van der Waals surface area contributed by atoms with Gasteiger partial charge in [0.25, 0.3) is 0 Å². The van der Waals surface area contributed by atoms with Crippen molar-refractivity contribution in [1.29, 1.82) is 0 Å². The highest BCUT2D eigenvalue weighted by Gasteiger charge is 2.38. The first-order chi connectivity index (χ1) is 7.84. The third-order valence-electron chi connectivity index (χ3n) is 3.96. The van der Waals surface area contributed by atoms with Gasteiger partial charge in [-0.3, -0.25) is 9.78 Å². The Kier molecular flexibility index (Phi) is 2.48. The van der Waals surface area contributed by atoms with Crippen LogP contribution in [0.1, 0.15) is 23.2 Å². The number of aromatic nitrogens is 1. The summed E-state index contributed by atoms with van der Waals surface area (Å²) in [6.07, 6.45) is 5.80. The van der Waals surface area contributed by atoms with E-state index in [1.807, 2.05) is 12.1 Å². The third-order valence-corrected chi connectivity index (χ3v) is 3.96. The minimum absolute atomic E-state index is 0.227. The van der Waals surface area contributed by atoms with Crippen LogP contribution in [-0.2, 0) is 0 Å². The summed E-state index contributed by atoms with van der Waals surface area (Å²) < 4.78 is 0. The molecule has 84 valence electrons. The van der Waals surface area contributed by atoms with Crippen molar-refractivity contribution in [3.8, 4) is 0 Å². The van der Waals surface area contributed by atoms with Crippen molar-refractivity contribution < 1.29 is 4.79 Å². The average Bonchev–Trinajstić information content (AvgIpc) is 2.40. The van der Waals surface area contributed by atoms with Gasteiger partial charge >= 0.3 is 0 Å². The first-order valence-corrected chi connectivity index (χ1v) is 6.01.